The van der Waals surface area contributed by atoms with Crippen molar-refractivity contribution in [3.63, 3.8) is 0 Å². The number of amides is 1. The Balaban J connectivity index is 1.59. The van der Waals surface area contributed by atoms with Crippen molar-refractivity contribution in [3.05, 3.63) is 58.7 Å². The summed E-state index contributed by atoms with van der Waals surface area (Å²) in [5.41, 5.74) is 1.63. The van der Waals surface area contributed by atoms with E-state index in [9.17, 15) is 9.59 Å². The molecule has 5 rings (SSSR count). The van der Waals surface area contributed by atoms with Crippen LogP contribution in [-0.4, -0.2) is 21.3 Å². The molecular formula is C19H21N3O2. The Morgan fingerprint density at radius 3 is 2.88 bits per heavy atom. The molecular weight excluding hydrogens is 302 g/mol. The Kier molecular flexibility index (Phi) is 3.17. The number of carbonyl (C=O) groups excluding carboxylic acids is 1. The van der Waals surface area contributed by atoms with E-state index in [0.29, 0.717) is 17.5 Å². The van der Waals surface area contributed by atoms with Crippen molar-refractivity contribution in [3.8, 4) is 0 Å². The number of hydrogen-bond acceptors (Lipinski definition) is 3. The van der Waals surface area contributed by atoms with Gasteiger partial charge in [0.15, 0.2) is 0 Å². The van der Waals surface area contributed by atoms with Gasteiger partial charge in [-0.25, -0.2) is 4.98 Å². The maximum atomic E-state index is 12.6. The van der Waals surface area contributed by atoms with Gasteiger partial charge >= 0.3 is 0 Å². The van der Waals surface area contributed by atoms with Gasteiger partial charge in [-0.3, -0.25) is 14.0 Å². The molecule has 3 aliphatic carbocycles. The van der Waals surface area contributed by atoms with Crippen molar-refractivity contribution >= 4 is 11.6 Å². The highest BCUT2D eigenvalue weighted by molar-refractivity contribution is 5.94. The molecule has 3 atom stereocenters. The predicted octanol–water partition coefficient (Wildman–Crippen LogP) is 2.42. The van der Waals surface area contributed by atoms with Crippen LogP contribution in [0.25, 0.3) is 5.65 Å². The van der Waals surface area contributed by atoms with Gasteiger partial charge < -0.3 is 5.32 Å². The molecule has 3 fully saturated rings. The second kappa shape index (κ2) is 5.03. The van der Waals surface area contributed by atoms with Crippen molar-refractivity contribution in [2.45, 2.75) is 32.7 Å². The molecule has 3 saturated carbocycles. The molecule has 5 nitrogen and oxygen atoms in total. The van der Waals surface area contributed by atoms with Crippen molar-refractivity contribution < 1.29 is 4.79 Å². The van der Waals surface area contributed by atoms with E-state index >= 15 is 0 Å². The second-order valence-corrected chi connectivity index (χ2v) is 7.55. The van der Waals surface area contributed by atoms with E-state index in [1.54, 1.807) is 18.3 Å². The number of nitrogens with zero attached hydrogens (tertiary/aromatic N) is 2. The molecule has 0 saturated heterocycles. The molecule has 2 aromatic heterocycles. The minimum atomic E-state index is -0.365. The molecule has 1 N–H and O–H groups in total. The third-order valence-electron chi connectivity index (χ3n) is 6.05. The zero-order valence-electron chi connectivity index (χ0n) is 14.0. The van der Waals surface area contributed by atoms with Gasteiger partial charge in [0, 0.05) is 12.4 Å². The van der Waals surface area contributed by atoms with E-state index in [2.05, 4.69) is 30.7 Å². The lowest BCUT2D eigenvalue weighted by Crippen LogP contribution is -2.57. The van der Waals surface area contributed by atoms with Crippen LogP contribution >= 0.6 is 0 Å². The Morgan fingerprint density at radius 2 is 2.17 bits per heavy atom. The van der Waals surface area contributed by atoms with E-state index in [-0.39, 0.29) is 28.5 Å². The van der Waals surface area contributed by atoms with Crippen LogP contribution in [0.3, 0.4) is 0 Å². The quantitative estimate of drug-likeness (QED) is 0.863. The zero-order valence-corrected chi connectivity index (χ0v) is 14.0. The minimum absolute atomic E-state index is 0.0508. The first-order valence-electron chi connectivity index (χ1n) is 8.35. The average Bonchev–Trinajstić information content (AvgIpc) is 2.56. The monoisotopic (exact) mass is 323 g/mol. The molecule has 2 aromatic rings. The molecule has 5 heteroatoms. The van der Waals surface area contributed by atoms with Gasteiger partial charge in [-0.05, 0) is 42.2 Å². The maximum absolute atomic E-state index is 12.6. The highest BCUT2D eigenvalue weighted by Gasteiger charge is 2.54. The SMILES string of the molecule is C=C1C(NC(=O)c2cnc3ccccn3c2=O)C[C@H]2C[C@@H]1C2(C)C. The van der Waals surface area contributed by atoms with Crippen LogP contribution in [-0.2, 0) is 0 Å². The topological polar surface area (TPSA) is 63.5 Å². The lowest BCUT2D eigenvalue weighted by molar-refractivity contribution is -0.0374. The molecule has 0 spiro atoms. The number of aromatic nitrogens is 2. The van der Waals surface area contributed by atoms with Crippen LogP contribution in [0.4, 0.5) is 0 Å². The lowest BCUT2D eigenvalue weighted by Gasteiger charge is -2.60. The number of rotatable bonds is 2. The second-order valence-electron chi connectivity index (χ2n) is 7.55. The molecule has 0 radical (unpaired) electrons. The number of carbonyl (C=O) groups is 1. The first kappa shape index (κ1) is 15.1. The molecule has 124 valence electrons. The fourth-order valence-electron chi connectivity index (χ4n) is 4.29. The number of hydrogen-bond donors (Lipinski definition) is 1. The Morgan fingerprint density at radius 1 is 1.38 bits per heavy atom. The highest BCUT2D eigenvalue weighted by Crippen LogP contribution is 2.60. The molecule has 2 heterocycles. The van der Waals surface area contributed by atoms with Crippen LogP contribution in [0.1, 0.15) is 37.0 Å². The summed E-state index contributed by atoms with van der Waals surface area (Å²) in [6.45, 7) is 8.76. The summed E-state index contributed by atoms with van der Waals surface area (Å²) in [7, 11) is 0. The largest absolute Gasteiger partial charge is 0.345 e. The zero-order chi connectivity index (χ0) is 17.1. The van der Waals surface area contributed by atoms with Crippen LogP contribution < -0.4 is 10.9 Å². The van der Waals surface area contributed by atoms with Crippen molar-refractivity contribution in [2.75, 3.05) is 0 Å². The molecule has 2 bridgehead atoms. The summed E-state index contributed by atoms with van der Waals surface area (Å²) < 4.78 is 1.39. The summed E-state index contributed by atoms with van der Waals surface area (Å²) in [6.07, 6.45) is 5.05. The lowest BCUT2D eigenvalue weighted by atomic mass is 9.46. The number of nitrogens with one attached hydrogen (secondary N) is 1. The molecule has 24 heavy (non-hydrogen) atoms. The average molecular weight is 323 g/mol. The van der Waals surface area contributed by atoms with Crippen molar-refractivity contribution in [1.29, 1.82) is 0 Å². The number of fused-ring (bicyclic) bond motifs is 3. The summed E-state index contributed by atoms with van der Waals surface area (Å²) in [5, 5.41) is 3.00. The van der Waals surface area contributed by atoms with Crippen molar-refractivity contribution in [2.24, 2.45) is 17.3 Å². The predicted molar refractivity (Wildman–Crippen MR) is 91.9 cm³/mol. The van der Waals surface area contributed by atoms with E-state index in [0.717, 1.165) is 12.0 Å². The Bertz CT molecular complexity index is 912. The first-order valence-corrected chi connectivity index (χ1v) is 8.35. The van der Waals surface area contributed by atoms with Gasteiger partial charge in [-0.1, -0.05) is 32.1 Å². The maximum Gasteiger partial charge on any atom is 0.270 e. The Labute approximate surface area is 140 Å². The van der Waals surface area contributed by atoms with Gasteiger partial charge in [0.05, 0.1) is 6.04 Å². The summed E-state index contributed by atoms with van der Waals surface area (Å²) in [5.74, 6) is 0.697. The molecule has 0 aliphatic heterocycles. The smallest absolute Gasteiger partial charge is 0.270 e. The normalized spacial score (nSPS) is 27.6. The van der Waals surface area contributed by atoms with Crippen LogP contribution in [0.2, 0.25) is 0 Å². The van der Waals surface area contributed by atoms with Gasteiger partial charge in [-0.15, -0.1) is 0 Å². The number of pyridine rings is 1. The standard InChI is InChI=1S/C19H21N3O2/c1-11-14-8-12(19(14,2)3)9-15(11)21-17(23)13-10-20-16-6-4-5-7-22(16)18(13)24/h4-7,10,12,14-15H,1,8-9H2,2-3H3,(H,21,23)/t12-,14+,15?/m1/s1. The van der Waals surface area contributed by atoms with Gasteiger partial charge in [-0.2, -0.15) is 0 Å². The van der Waals surface area contributed by atoms with Gasteiger partial charge in [0.2, 0.25) is 0 Å². The highest BCUT2D eigenvalue weighted by atomic mass is 16.2. The van der Waals surface area contributed by atoms with Gasteiger partial charge in [0.25, 0.3) is 11.5 Å². The summed E-state index contributed by atoms with van der Waals surface area (Å²) >= 11 is 0. The van der Waals surface area contributed by atoms with Crippen LogP contribution in [0.5, 0.6) is 0 Å². The molecule has 0 aromatic carbocycles. The fraction of sp³-hybridized carbons (Fsp3) is 0.421. The summed E-state index contributed by atoms with van der Waals surface area (Å²) in [6, 6.07) is 5.24. The van der Waals surface area contributed by atoms with Crippen LogP contribution in [0.15, 0.2) is 47.5 Å². The summed E-state index contributed by atoms with van der Waals surface area (Å²) in [4.78, 5) is 29.3. The molecule has 1 unspecified atom stereocenters. The van der Waals surface area contributed by atoms with E-state index in [1.807, 2.05) is 6.07 Å². The van der Waals surface area contributed by atoms with E-state index < -0.39 is 0 Å². The molecule has 3 aliphatic rings. The third-order valence-corrected chi connectivity index (χ3v) is 6.05. The third kappa shape index (κ3) is 2.04. The van der Waals surface area contributed by atoms with E-state index in [4.69, 9.17) is 0 Å². The van der Waals surface area contributed by atoms with Gasteiger partial charge in [0.1, 0.15) is 11.2 Å². The minimum Gasteiger partial charge on any atom is -0.345 e. The van der Waals surface area contributed by atoms with E-state index in [1.165, 1.54) is 17.0 Å². The first-order chi connectivity index (χ1) is 11.4. The van der Waals surface area contributed by atoms with Crippen LogP contribution in [0, 0.1) is 17.3 Å². The Hall–Kier alpha value is -2.43. The molecule has 1 amide bonds. The fourth-order valence-corrected chi connectivity index (χ4v) is 4.29. The van der Waals surface area contributed by atoms with Crippen molar-refractivity contribution in [1.82, 2.24) is 14.7 Å².